The van der Waals surface area contributed by atoms with Crippen LogP contribution in [0.3, 0.4) is 0 Å². The Hall–Kier alpha value is -0.443. The third-order valence-electron chi connectivity index (χ3n) is 0.740. The maximum absolute atomic E-state index is 5.36. The van der Waals surface area contributed by atoms with Gasteiger partial charge in [-0.15, -0.1) is 0 Å². The van der Waals surface area contributed by atoms with E-state index in [1.165, 1.54) is 0 Å². The molecule has 0 aliphatic rings. The lowest BCUT2D eigenvalue weighted by Crippen LogP contribution is -2.21. The molecule has 0 radical (unpaired) electrons. The summed E-state index contributed by atoms with van der Waals surface area (Å²) in [5.41, 5.74) is 0. The normalized spacial score (nSPS) is 12.0. The van der Waals surface area contributed by atoms with Gasteiger partial charge in [-0.2, -0.15) is 0 Å². The highest BCUT2D eigenvalue weighted by molar-refractivity contribution is 6.69. The van der Waals surface area contributed by atoms with Crippen LogP contribution in [0.1, 0.15) is 6.92 Å². The molecule has 0 saturated heterocycles. The molecule has 3 heteroatoms. The van der Waals surface area contributed by atoms with Crippen molar-refractivity contribution < 1.29 is 9.16 Å². The average Bonchev–Trinajstić information content (AvgIpc) is 1.78. The van der Waals surface area contributed by atoms with Crippen LogP contribution in [0, 0.1) is 0 Å². The molecule has 0 amide bonds. The molecule has 0 fully saturated rings. The second kappa shape index (κ2) is 4.38. The van der Waals surface area contributed by atoms with Crippen molar-refractivity contribution in [3.63, 3.8) is 0 Å². The number of hydrogen-bond donors (Lipinski definition) is 0. The summed E-state index contributed by atoms with van der Waals surface area (Å²) in [6.45, 7) is 9.03. The van der Waals surface area contributed by atoms with Gasteiger partial charge in [-0.3, -0.25) is 0 Å². The fraction of sp³-hybridized carbons (Fsp3) is 0.714. The zero-order chi connectivity index (χ0) is 8.04. The van der Waals surface area contributed by atoms with Gasteiger partial charge in [0.25, 0.3) is 0 Å². The lowest BCUT2D eigenvalue weighted by molar-refractivity contribution is 0.257. The van der Waals surface area contributed by atoms with E-state index in [-0.39, 0.29) is 0 Å². The van der Waals surface area contributed by atoms with Gasteiger partial charge in [0.2, 0.25) is 8.32 Å². The van der Waals surface area contributed by atoms with Crippen LogP contribution in [0.2, 0.25) is 19.6 Å². The molecule has 0 atom stereocenters. The summed E-state index contributed by atoms with van der Waals surface area (Å²) in [5, 5.41) is 0. The third-order valence-corrected chi connectivity index (χ3v) is 1.58. The fourth-order valence-corrected chi connectivity index (χ4v) is 0.831. The molecule has 0 saturated carbocycles. The molecular weight excluding hydrogens is 144 g/mol. The highest BCUT2D eigenvalue weighted by Gasteiger charge is 2.12. The van der Waals surface area contributed by atoms with E-state index in [1.807, 2.05) is 6.92 Å². The smallest absolute Gasteiger partial charge is 0.241 e. The van der Waals surface area contributed by atoms with Gasteiger partial charge >= 0.3 is 0 Å². The van der Waals surface area contributed by atoms with Crippen molar-refractivity contribution in [1.29, 1.82) is 0 Å². The second-order valence-electron chi connectivity index (χ2n) is 2.96. The summed E-state index contributed by atoms with van der Waals surface area (Å²) in [5.74, 6) is 0. The largest absolute Gasteiger partial charge is 0.547 e. The average molecular weight is 160 g/mol. The lowest BCUT2D eigenvalue weighted by atomic mass is 10.9. The van der Waals surface area contributed by atoms with Crippen LogP contribution in [-0.2, 0) is 9.16 Å². The third kappa shape index (κ3) is 7.56. The Balaban J connectivity index is 3.34. The Morgan fingerprint density at radius 2 is 1.80 bits per heavy atom. The van der Waals surface area contributed by atoms with E-state index in [2.05, 4.69) is 19.6 Å². The summed E-state index contributed by atoms with van der Waals surface area (Å²) < 4.78 is 10.3. The Labute approximate surface area is 64.0 Å². The van der Waals surface area contributed by atoms with Crippen molar-refractivity contribution in [2.45, 2.75) is 26.6 Å². The zero-order valence-electron chi connectivity index (χ0n) is 7.18. The maximum atomic E-state index is 5.36. The molecule has 0 aliphatic carbocycles. The molecule has 0 aliphatic heterocycles. The molecule has 0 heterocycles. The monoisotopic (exact) mass is 160 g/mol. The first-order valence-electron chi connectivity index (χ1n) is 3.50. The molecule has 0 unspecified atom stereocenters. The molecule has 0 bridgehead atoms. The fourth-order valence-electron chi connectivity index (χ4n) is 0.367. The highest BCUT2D eigenvalue weighted by Crippen LogP contribution is 2.02. The van der Waals surface area contributed by atoms with Crippen LogP contribution in [0.4, 0.5) is 0 Å². The Kier molecular flexibility index (Phi) is 4.19. The molecule has 10 heavy (non-hydrogen) atoms. The van der Waals surface area contributed by atoms with E-state index in [1.54, 1.807) is 12.5 Å². The van der Waals surface area contributed by atoms with Crippen molar-refractivity contribution in [2.24, 2.45) is 0 Å². The van der Waals surface area contributed by atoms with Gasteiger partial charge < -0.3 is 9.16 Å². The van der Waals surface area contributed by atoms with Crippen molar-refractivity contribution in [2.75, 3.05) is 6.61 Å². The van der Waals surface area contributed by atoms with Crippen molar-refractivity contribution in [3.05, 3.63) is 12.5 Å². The standard InChI is InChI=1S/C7H16O2Si/c1-5-8-6-7-9-10(2,3)4/h6-7H,5H2,1-4H3. The Morgan fingerprint density at radius 1 is 1.20 bits per heavy atom. The highest BCUT2D eigenvalue weighted by atomic mass is 28.4. The van der Waals surface area contributed by atoms with Crippen LogP contribution >= 0.6 is 0 Å². The van der Waals surface area contributed by atoms with Gasteiger partial charge in [0.1, 0.15) is 12.5 Å². The van der Waals surface area contributed by atoms with Gasteiger partial charge in [0.15, 0.2) is 0 Å². The number of hydrogen-bond acceptors (Lipinski definition) is 2. The van der Waals surface area contributed by atoms with Gasteiger partial charge in [-0.1, -0.05) is 0 Å². The maximum Gasteiger partial charge on any atom is 0.241 e. The zero-order valence-corrected chi connectivity index (χ0v) is 8.18. The minimum absolute atomic E-state index is 0.700. The minimum atomic E-state index is -1.37. The summed E-state index contributed by atoms with van der Waals surface area (Å²) in [6.07, 6.45) is 3.23. The molecule has 60 valence electrons. The minimum Gasteiger partial charge on any atom is -0.547 e. The topological polar surface area (TPSA) is 18.5 Å². The van der Waals surface area contributed by atoms with Crippen molar-refractivity contribution >= 4 is 8.32 Å². The van der Waals surface area contributed by atoms with Crippen LogP contribution < -0.4 is 0 Å². The predicted octanol–water partition coefficient (Wildman–Crippen LogP) is 2.35. The molecule has 0 aromatic rings. The van der Waals surface area contributed by atoms with E-state index in [9.17, 15) is 0 Å². The van der Waals surface area contributed by atoms with E-state index in [4.69, 9.17) is 9.16 Å². The van der Waals surface area contributed by atoms with E-state index in [0.717, 1.165) is 0 Å². The van der Waals surface area contributed by atoms with Crippen LogP contribution in [0.25, 0.3) is 0 Å². The predicted molar refractivity (Wildman–Crippen MR) is 45.2 cm³/mol. The van der Waals surface area contributed by atoms with E-state index >= 15 is 0 Å². The van der Waals surface area contributed by atoms with Gasteiger partial charge in [0.05, 0.1) is 6.61 Å². The molecular formula is C7H16O2Si. The van der Waals surface area contributed by atoms with Gasteiger partial charge in [-0.25, -0.2) is 0 Å². The summed E-state index contributed by atoms with van der Waals surface area (Å²) in [6, 6.07) is 0. The molecule has 0 spiro atoms. The first-order valence-corrected chi connectivity index (χ1v) is 6.91. The summed E-state index contributed by atoms with van der Waals surface area (Å²) >= 11 is 0. The Morgan fingerprint density at radius 3 is 2.20 bits per heavy atom. The summed E-state index contributed by atoms with van der Waals surface area (Å²) in [4.78, 5) is 0. The molecule has 0 rings (SSSR count). The van der Waals surface area contributed by atoms with Crippen molar-refractivity contribution in [3.8, 4) is 0 Å². The quantitative estimate of drug-likeness (QED) is 0.464. The summed E-state index contributed by atoms with van der Waals surface area (Å²) in [7, 11) is -1.37. The lowest BCUT2D eigenvalue weighted by Gasteiger charge is -2.14. The van der Waals surface area contributed by atoms with Gasteiger partial charge in [0, 0.05) is 0 Å². The molecule has 0 aromatic heterocycles. The van der Waals surface area contributed by atoms with Crippen LogP contribution in [-0.4, -0.2) is 14.9 Å². The van der Waals surface area contributed by atoms with Crippen molar-refractivity contribution in [1.82, 2.24) is 0 Å². The van der Waals surface area contributed by atoms with Crippen LogP contribution in [0.5, 0.6) is 0 Å². The molecule has 0 N–H and O–H groups in total. The number of ether oxygens (including phenoxy) is 1. The first kappa shape index (κ1) is 9.56. The SMILES string of the molecule is CCOC=CO[Si](C)(C)C. The van der Waals surface area contributed by atoms with E-state index in [0.29, 0.717) is 6.61 Å². The molecule has 2 nitrogen and oxygen atoms in total. The first-order chi connectivity index (χ1) is 4.56. The molecule has 0 aromatic carbocycles. The van der Waals surface area contributed by atoms with E-state index < -0.39 is 8.32 Å². The second-order valence-corrected chi connectivity index (χ2v) is 7.42. The van der Waals surface area contributed by atoms with Gasteiger partial charge in [-0.05, 0) is 26.6 Å². The van der Waals surface area contributed by atoms with Crippen LogP contribution in [0.15, 0.2) is 12.5 Å². The number of rotatable bonds is 4. The Bertz CT molecular complexity index is 105.